The molecule has 3 rings (SSSR count). The number of carbonyl (C=O) groups excluding carboxylic acids is 1. The number of fused-ring (bicyclic) bond motifs is 1. The molecule has 0 bridgehead atoms. The molecule has 1 aliphatic heterocycles. The lowest BCUT2D eigenvalue weighted by atomic mass is 9.99. The molecular formula is C21H27N3O5S. The van der Waals surface area contributed by atoms with Crippen molar-refractivity contribution in [2.24, 2.45) is 5.14 Å². The van der Waals surface area contributed by atoms with Crippen molar-refractivity contribution in [1.82, 2.24) is 10.2 Å². The Bertz CT molecular complexity index is 1010. The second-order valence-corrected chi connectivity index (χ2v) is 8.79. The fourth-order valence-corrected chi connectivity index (χ4v) is 4.04. The van der Waals surface area contributed by atoms with Crippen molar-refractivity contribution in [2.75, 3.05) is 33.9 Å². The van der Waals surface area contributed by atoms with Gasteiger partial charge in [0.2, 0.25) is 15.9 Å². The van der Waals surface area contributed by atoms with Gasteiger partial charge in [0, 0.05) is 19.6 Å². The third-order valence-corrected chi connectivity index (χ3v) is 6.08. The quantitative estimate of drug-likeness (QED) is 0.644. The van der Waals surface area contributed by atoms with Crippen LogP contribution in [0.2, 0.25) is 0 Å². The molecule has 0 atom stereocenters. The van der Waals surface area contributed by atoms with Crippen LogP contribution >= 0.6 is 0 Å². The van der Waals surface area contributed by atoms with Gasteiger partial charge in [0.25, 0.3) is 0 Å². The summed E-state index contributed by atoms with van der Waals surface area (Å²) >= 11 is 0. The maximum Gasteiger partial charge on any atom is 0.238 e. The van der Waals surface area contributed by atoms with E-state index in [1.165, 1.54) is 17.7 Å². The summed E-state index contributed by atoms with van der Waals surface area (Å²) in [6.45, 7) is 2.27. The van der Waals surface area contributed by atoms with Gasteiger partial charge >= 0.3 is 0 Å². The van der Waals surface area contributed by atoms with E-state index < -0.39 is 10.0 Å². The average molecular weight is 434 g/mol. The SMILES string of the molecule is COc1cc2c(cc1OC)CN(CC(=O)NCCc1ccc(S(N)(=O)=O)cc1)CC2. The summed E-state index contributed by atoms with van der Waals surface area (Å²) in [6.07, 6.45) is 1.45. The summed E-state index contributed by atoms with van der Waals surface area (Å²) in [6, 6.07) is 10.3. The minimum atomic E-state index is -3.69. The van der Waals surface area contributed by atoms with Crippen molar-refractivity contribution in [3.8, 4) is 11.5 Å². The number of hydrogen-bond acceptors (Lipinski definition) is 6. The van der Waals surface area contributed by atoms with Crippen molar-refractivity contribution in [3.05, 3.63) is 53.1 Å². The van der Waals surface area contributed by atoms with E-state index in [4.69, 9.17) is 14.6 Å². The van der Waals surface area contributed by atoms with Gasteiger partial charge in [-0.3, -0.25) is 9.69 Å². The normalized spacial score (nSPS) is 14.1. The Morgan fingerprint density at radius 2 is 1.73 bits per heavy atom. The number of amides is 1. The Labute approximate surface area is 177 Å². The third-order valence-electron chi connectivity index (χ3n) is 5.15. The molecular weight excluding hydrogens is 406 g/mol. The van der Waals surface area contributed by atoms with Crippen LogP contribution in [0.1, 0.15) is 16.7 Å². The van der Waals surface area contributed by atoms with Crippen molar-refractivity contribution in [3.63, 3.8) is 0 Å². The minimum absolute atomic E-state index is 0.0416. The minimum Gasteiger partial charge on any atom is -0.493 e. The molecule has 1 aliphatic rings. The summed E-state index contributed by atoms with van der Waals surface area (Å²) < 4.78 is 33.3. The monoisotopic (exact) mass is 433 g/mol. The average Bonchev–Trinajstić information content (AvgIpc) is 2.72. The Hall–Kier alpha value is -2.62. The largest absolute Gasteiger partial charge is 0.493 e. The van der Waals surface area contributed by atoms with Crippen molar-refractivity contribution in [2.45, 2.75) is 24.3 Å². The topological polar surface area (TPSA) is 111 Å². The van der Waals surface area contributed by atoms with E-state index in [-0.39, 0.29) is 10.8 Å². The molecule has 2 aromatic carbocycles. The standard InChI is InChI=1S/C21H27N3O5S/c1-28-19-11-16-8-10-24(13-17(16)12-20(19)29-2)14-21(25)23-9-7-15-3-5-18(6-4-15)30(22,26)27/h3-6,11-12H,7-10,13-14H2,1-2H3,(H,23,25)(H2,22,26,27). The number of ether oxygens (including phenoxy) is 2. The van der Waals surface area contributed by atoms with Gasteiger partial charge in [0.1, 0.15) is 0 Å². The van der Waals surface area contributed by atoms with E-state index in [1.807, 2.05) is 12.1 Å². The van der Waals surface area contributed by atoms with E-state index in [1.54, 1.807) is 26.4 Å². The zero-order valence-corrected chi connectivity index (χ0v) is 18.0. The number of benzene rings is 2. The van der Waals surface area contributed by atoms with Gasteiger partial charge in [0.15, 0.2) is 11.5 Å². The molecule has 0 fully saturated rings. The molecule has 9 heteroatoms. The van der Waals surface area contributed by atoms with Crippen LogP contribution < -0.4 is 19.9 Å². The highest BCUT2D eigenvalue weighted by Crippen LogP contribution is 2.33. The van der Waals surface area contributed by atoms with Gasteiger partial charge in [-0.25, -0.2) is 13.6 Å². The number of rotatable bonds is 8. The number of hydrogen-bond donors (Lipinski definition) is 2. The van der Waals surface area contributed by atoms with E-state index in [0.717, 1.165) is 29.8 Å². The molecule has 162 valence electrons. The number of sulfonamides is 1. The molecule has 0 aromatic heterocycles. The summed E-state index contributed by atoms with van der Waals surface area (Å²) in [5, 5.41) is 8.01. The molecule has 2 aromatic rings. The van der Waals surface area contributed by atoms with Crippen molar-refractivity contribution < 1.29 is 22.7 Å². The highest BCUT2D eigenvalue weighted by atomic mass is 32.2. The number of nitrogens with one attached hydrogen (secondary N) is 1. The smallest absolute Gasteiger partial charge is 0.238 e. The van der Waals surface area contributed by atoms with Gasteiger partial charge in [0.05, 0.1) is 25.7 Å². The van der Waals surface area contributed by atoms with Crippen LogP contribution in [-0.2, 0) is 34.2 Å². The van der Waals surface area contributed by atoms with Crippen LogP contribution in [0.15, 0.2) is 41.3 Å². The van der Waals surface area contributed by atoms with Gasteiger partial charge in [-0.15, -0.1) is 0 Å². The van der Waals surface area contributed by atoms with Gasteiger partial charge in [-0.2, -0.15) is 0 Å². The number of nitrogens with two attached hydrogens (primary N) is 1. The maximum absolute atomic E-state index is 12.3. The molecule has 1 amide bonds. The third kappa shape index (κ3) is 5.50. The highest BCUT2D eigenvalue weighted by Gasteiger charge is 2.21. The molecule has 0 saturated carbocycles. The first kappa shape index (κ1) is 22.1. The van der Waals surface area contributed by atoms with Crippen molar-refractivity contribution >= 4 is 15.9 Å². The molecule has 0 spiro atoms. The van der Waals surface area contributed by atoms with Crippen molar-refractivity contribution in [1.29, 1.82) is 0 Å². The van der Waals surface area contributed by atoms with Crippen LogP contribution in [0.3, 0.4) is 0 Å². The second-order valence-electron chi connectivity index (χ2n) is 7.23. The zero-order valence-electron chi connectivity index (χ0n) is 17.2. The number of primary sulfonamides is 1. The molecule has 3 N–H and O–H groups in total. The van der Waals surface area contributed by atoms with Crippen LogP contribution in [0.25, 0.3) is 0 Å². The second kappa shape index (κ2) is 9.46. The van der Waals surface area contributed by atoms with Crippen LogP contribution in [0, 0.1) is 0 Å². The first-order valence-electron chi connectivity index (χ1n) is 9.64. The van der Waals surface area contributed by atoms with Crippen LogP contribution in [0.4, 0.5) is 0 Å². The molecule has 0 unspecified atom stereocenters. The van der Waals surface area contributed by atoms with Crippen LogP contribution in [-0.4, -0.2) is 53.1 Å². The summed E-state index contributed by atoms with van der Waals surface area (Å²) in [4.78, 5) is 14.5. The van der Waals surface area contributed by atoms with E-state index >= 15 is 0 Å². The molecule has 0 saturated heterocycles. The number of nitrogens with zero attached hydrogens (tertiary/aromatic N) is 1. The lowest BCUT2D eigenvalue weighted by Crippen LogP contribution is -2.40. The predicted molar refractivity (Wildman–Crippen MR) is 113 cm³/mol. The fraction of sp³-hybridized carbons (Fsp3) is 0.381. The lowest BCUT2D eigenvalue weighted by molar-refractivity contribution is -0.122. The van der Waals surface area contributed by atoms with Crippen LogP contribution in [0.5, 0.6) is 11.5 Å². The van der Waals surface area contributed by atoms with Gasteiger partial charge < -0.3 is 14.8 Å². The maximum atomic E-state index is 12.3. The molecule has 30 heavy (non-hydrogen) atoms. The Morgan fingerprint density at radius 3 is 2.33 bits per heavy atom. The summed E-state index contributed by atoms with van der Waals surface area (Å²) in [5.41, 5.74) is 3.28. The van der Waals surface area contributed by atoms with Gasteiger partial charge in [-0.05, 0) is 53.8 Å². The summed E-state index contributed by atoms with van der Waals surface area (Å²) in [5.74, 6) is 1.37. The molecule has 1 heterocycles. The number of methoxy groups -OCH3 is 2. The predicted octanol–water partition coefficient (Wildman–Crippen LogP) is 1.07. The highest BCUT2D eigenvalue weighted by molar-refractivity contribution is 7.89. The van der Waals surface area contributed by atoms with E-state index in [0.29, 0.717) is 31.8 Å². The number of carbonyl (C=O) groups is 1. The van der Waals surface area contributed by atoms with E-state index in [9.17, 15) is 13.2 Å². The molecule has 0 aliphatic carbocycles. The Balaban J connectivity index is 1.49. The van der Waals surface area contributed by atoms with E-state index in [2.05, 4.69) is 10.2 Å². The lowest BCUT2D eigenvalue weighted by Gasteiger charge is -2.29. The first-order chi connectivity index (χ1) is 14.3. The first-order valence-corrected chi connectivity index (χ1v) is 11.2. The summed E-state index contributed by atoms with van der Waals surface area (Å²) in [7, 11) is -0.455. The fourth-order valence-electron chi connectivity index (χ4n) is 3.53. The van der Waals surface area contributed by atoms with Gasteiger partial charge in [-0.1, -0.05) is 12.1 Å². The Morgan fingerprint density at radius 1 is 1.10 bits per heavy atom. The molecule has 8 nitrogen and oxygen atoms in total. The zero-order chi connectivity index (χ0) is 21.7. The Kier molecular flexibility index (Phi) is 6.96. The molecule has 0 radical (unpaired) electrons.